The van der Waals surface area contributed by atoms with Gasteiger partial charge in [-0.1, -0.05) is 42.5 Å². The molecule has 1 atom stereocenters. The lowest BCUT2D eigenvalue weighted by Crippen LogP contribution is -2.24. The molecule has 0 aliphatic rings. The van der Waals surface area contributed by atoms with Gasteiger partial charge in [0.15, 0.2) is 4.96 Å². The lowest BCUT2D eigenvalue weighted by atomic mass is 9.98. The van der Waals surface area contributed by atoms with Crippen LogP contribution in [0.3, 0.4) is 0 Å². The molecule has 4 rings (SSSR count). The highest BCUT2D eigenvalue weighted by Crippen LogP contribution is 2.25. The SMILES string of the molecule is O=c1cc(CN[C@@H](c2ccccc2)c2ccc(OC(F)F)cc2)nc2sccn12. The Morgan fingerprint density at radius 2 is 1.79 bits per heavy atom. The van der Waals surface area contributed by atoms with E-state index in [-0.39, 0.29) is 17.4 Å². The highest BCUT2D eigenvalue weighted by molar-refractivity contribution is 7.15. The van der Waals surface area contributed by atoms with Gasteiger partial charge < -0.3 is 10.1 Å². The number of hydrogen-bond acceptors (Lipinski definition) is 5. The summed E-state index contributed by atoms with van der Waals surface area (Å²) in [5.74, 6) is 0.105. The molecule has 0 aliphatic heterocycles. The van der Waals surface area contributed by atoms with Crippen molar-refractivity contribution in [1.29, 1.82) is 0 Å². The maximum atomic E-state index is 12.4. The molecular formula is C21H17F2N3O2S. The van der Waals surface area contributed by atoms with Gasteiger partial charge >= 0.3 is 6.61 Å². The minimum absolute atomic E-state index is 0.105. The summed E-state index contributed by atoms with van der Waals surface area (Å²) >= 11 is 1.40. The Kier molecular flexibility index (Phi) is 5.64. The number of benzene rings is 2. The van der Waals surface area contributed by atoms with E-state index in [0.717, 1.165) is 11.1 Å². The Morgan fingerprint density at radius 1 is 1.07 bits per heavy atom. The topological polar surface area (TPSA) is 55.6 Å². The van der Waals surface area contributed by atoms with E-state index in [1.807, 2.05) is 35.7 Å². The van der Waals surface area contributed by atoms with E-state index >= 15 is 0 Å². The molecule has 0 amide bonds. The first-order chi connectivity index (χ1) is 14.1. The molecule has 0 saturated heterocycles. The van der Waals surface area contributed by atoms with Crippen LogP contribution in [0, 0.1) is 0 Å². The van der Waals surface area contributed by atoms with Crippen molar-refractivity contribution in [2.45, 2.75) is 19.2 Å². The summed E-state index contributed by atoms with van der Waals surface area (Å²) in [7, 11) is 0. The van der Waals surface area contributed by atoms with E-state index < -0.39 is 6.61 Å². The highest BCUT2D eigenvalue weighted by Gasteiger charge is 2.15. The summed E-state index contributed by atoms with van der Waals surface area (Å²) in [4.78, 5) is 17.4. The van der Waals surface area contributed by atoms with Crippen LogP contribution in [-0.2, 0) is 6.54 Å². The van der Waals surface area contributed by atoms with E-state index in [0.29, 0.717) is 17.2 Å². The predicted molar refractivity (Wildman–Crippen MR) is 108 cm³/mol. The van der Waals surface area contributed by atoms with Gasteiger partial charge in [0.1, 0.15) is 5.75 Å². The number of halogens is 2. The molecule has 0 radical (unpaired) electrons. The molecule has 0 unspecified atom stereocenters. The Bertz CT molecular complexity index is 1140. The average molecular weight is 413 g/mol. The van der Waals surface area contributed by atoms with Gasteiger partial charge in [-0.25, -0.2) is 4.98 Å². The summed E-state index contributed by atoms with van der Waals surface area (Å²) < 4.78 is 30.7. The molecule has 0 fully saturated rings. The molecule has 2 heterocycles. The van der Waals surface area contributed by atoms with E-state index in [4.69, 9.17) is 0 Å². The number of alkyl halides is 2. The number of nitrogens with zero attached hydrogens (tertiary/aromatic N) is 2. The van der Waals surface area contributed by atoms with Crippen LogP contribution < -0.4 is 15.6 Å². The second kappa shape index (κ2) is 8.50. The zero-order chi connectivity index (χ0) is 20.2. The fourth-order valence-corrected chi connectivity index (χ4v) is 3.84. The maximum Gasteiger partial charge on any atom is 0.387 e. The van der Waals surface area contributed by atoms with Gasteiger partial charge in [0, 0.05) is 24.2 Å². The lowest BCUT2D eigenvalue weighted by Gasteiger charge is -2.20. The molecule has 1 N–H and O–H groups in total. The highest BCUT2D eigenvalue weighted by atomic mass is 32.1. The third-order valence-corrected chi connectivity index (χ3v) is 5.17. The molecule has 0 bridgehead atoms. The summed E-state index contributed by atoms with van der Waals surface area (Å²) in [5.41, 5.74) is 2.39. The van der Waals surface area contributed by atoms with Crippen molar-refractivity contribution in [3.8, 4) is 5.75 Å². The van der Waals surface area contributed by atoms with Crippen LogP contribution in [0.2, 0.25) is 0 Å². The average Bonchev–Trinajstić information content (AvgIpc) is 3.19. The van der Waals surface area contributed by atoms with Gasteiger partial charge in [0.2, 0.25) is 0 Å². The Balaban J connectivity index is 1.59. The lowest BCUT2D eigenvalue weighted by molar-refractivity contribution is -0.0498. The van der Waals surface area contributed by atoms with Gasteiger partial charge in [-0.15, -0.1) is 11.3 Å². The fraction of sp³-hybridized carbons (Fsp3) is 0.143. The number of rotatable bonds is 7. The van der Waals surface area contributed by atoms with Crippen LogP contribution >= 0.6 is 11.3 Å². The molecule has 148 valence electrons. The molecule has 0 aliphatic carbocycles. The third kappa shape index (κ3) is 4.49. The number of aromatic nitrogens is 2. The van der Waals surface area contributed by atoms with Crippen molar-refractivity contribution >= 4 is 16.3 Å². The summed E-state index contributed by atoms with van der Waals surface area (Å²) in [5, 5.41) is 5.23. The van der Waals surface area contributed by atoms with Crippen LogP contribution in [0.1, 0.15) is 22.9 Å². The van der Waals surface area contributed by atoms with Crippen molar-refractivity contribution in [2.75, 3.05) is 0 Å². The normalized spacial score (nSPS) is 12.4. The Morgan fingerprint density at radius 3 is 2.52 bits per heavy atom. The molecule has 5 nitrogen and oxygen atoms in total. The standard InChI is InChI=1S/C21H17F2N3O2S/c22-20(23)28-17-8-6-15(7-9-17)19(14-4-2-1-3-5-14)24-13-16-12-18(27)26-10-11-29-21(26)25-16/h1-12,19-20,24H,13H2/t19-/m0/s1. The molecule has 4 aromatic rings. The first-order valence-electron chi connectivity index (χ1n) is 8.89. The number of hydrogen-bond donors (Lipinski definition) is 1. The van der Waals surface area contributed by atoms with E-state index in [9.17, 15) is 13.6 Å². The maximum absolute atomic E-state index is 12.4. The monoisotopic (exact) mass is 413 g/mol. The molecule has 0 spiro atoms. The van der Waals surface area contributed by atoms with Gasteiger partial charge in [0.25, 0.3) is 5.56 Å². The molecule has 8 heteroatoms. The van der Waals surface area contributed by atoms with Crippen LogP contribution in [0.5, 0.6) is 5.75 Å². The van der Waals surface area contributed by atoms with Crippen molar-refractivity contribution in [3.05, 3.63) is 99.4 Å². The predicted octanol–water partition coefficient (Wildman–Crippen LogP) is 4.24. The first-order valence-corrected chi connectivity index (χ1v) is 9.77. The first kappa shape index (κ1) is 19.2. The molecule has 2 aromatic heterocycles. The van der Waals surface area contributed by atoms with Crippen LogP contribution in [-0.4, -0.2) is 16.0 Å². The third-order valence-electron chi connectivity index (χ3n) is 4.42. The van der Waals surface area contributed by atoms with Crippen molar-refractivity contribution in [1.82, 2.24) is 14.7 Å². The number of ether oxygens (including phenoxy) is 1. The smallest absolute Gasteiger partial charge is 0.387 e. The van der Waals surface area contributed by atoms with Crippen molar-refractivity contribution in [2.24, 2.45) is 0 Å². The summed E-state index contributed by atoms with van der Waals surface area (Å²) in [6.45, 7) is -2.49. The second-order valence-corrected chi connectivity index (χ2v) is 7.19. The van der Waals surface area contributed by atoms with Crippen LogP contribution in [0.4, 0.5) is 8.78 Å². The van der Waals surface area contributed by atoms with E-state index in [1.54, 1.807) is 18.3 Å². The van der Waals surface area contributed by atoms with Crippen LogP contribution in [0.25, 0.3) is 4.96 Å². The molecule has 29 heavy (non-hydrogen) atoms. The zero-order valence-corrected chi connectivity index (χ0v) is 16.0. The number of nitrogens with one attached hydrogen (secondary N) is 1. The van der Waals surface area contributed by atoms with E-state index in [1.165, 1.54) is 33.9 Å². The molecular weight excluding hydrogens is 396 g/mol. The largest absolute Gasteiger partial charge is 0.435 e. The minimum atomic E-state index is -2.86. The summed E-state index contributed by atoms with van der Waals surface area (Å²) in [6.07, 6.45) is 1.70. The summed E-state index contributed by atoms with van der Waals surface area (Å²) in [6, 6.07) is 17.6. The van der Waals surface area contributed by atoms with E-state index in [2.05, 4.69) is 15.0 Å². The quantitative estimate of drug-likeness (QED) is 0.493. The van der Waals surface area contributed by atoms with Gasteiger partial charge in [-0.05, 0) is 23.3 Å². The number of fused-ring (bicyclic) bond motifs is 1. The minimum Gasteiger partial charge on any atom is -0.435 e. The van der Waals surface area contributed by atoms with Crippen LogP contribution in [0.15, 0.2) is 77.0 Å². The Labute approximate surface area is 169 Å². The zero-order valence-electron chi connectivity index (χ0n) is 15.2. The molecule has 0 saturated carbocycles. The Hall–Kier alpha value is -3.10. The fourth-order valence-electron chi connectivity index (χ4n) is 3.10. The molecule has 2 aromatic carbocycles. The van der Waals surface area contributed by atoms with Gasteiger partial charge in [-0.2, -0.15) is 8.78 Å². The van der Waals surface area contributed by atoms with Crippen molar-refractivity contribution in [3.63, 3.8) is 0 Å². The van der Waals surface area contributed by atoms with Crippen molar-refractivity contribution < 1.29 is 13.5 Å². The number of thiazole rings is 1. The van der Waals surface area contributed by atoms with Gasteiger partial charge in [-0.3, -0.25) is 9.20 Å². The van der Waals surface area contributed by atoms with Gasteiger partial charge in [0.05, 0.1) is 11.7 Å². The second-order valence-electron chi connectivity index (χ2n) is 6.31.